The first kappa shape index (κ1) is 15.9. The largest absolute Gasteiger partial charge is 0.480 e. The Balaban J connectivity index is 2.78. The van der Waals surface area contributed by atoms with E-state index in [1.807, 2.05) is 14.1 Å². The molecule has 1 atom stereocenters. The summed E-state index contributed by atoms with van der Waals surface area (Å²) in [5.74, 6) is -0.905. The molecule has 110 valence electrons. The number of nitrogens with one attached hydrogen (secondary N) is 1. The van der Waals surface area contributed by atoms with Crippen LogP contribution >= 0.6 is 0 Å². The van der Waals surface area contributed by atoms with Gasteiger partial charge < -0.3 is 20.1 Å². The monoisotopic (exact) mass is 281 g/mol. The van der Waals surface area contributed by atoms with Crippen molar-refractivity contribution in [3.8, 4) is 0 Å². The van der Waals surface area contributed by atoms with E-state index in [1.54, 1.807) is 11.0 Å². The highest BCUT2D eigenvalue weighted by atomic mass is 16.5. The van der Waals surface area contributed by atoms with E-state index >= 15 is 0 Å². The minimum absolute atomic E-state index is 0.212. The molecule has 0 aliphatic heterocycles. The van der Waals surface area contributed by atoms with Crippen LogP contribution in [0.25, 0.3) is 0 Å². The van der Waals surface area contributed by atoms with E-state index in [1.165, 1.54) is 19.4 Å². The number of aliphatic carboxylic acids is 1. The number of rotatable bonds is 7. The summed E-state index contributed by atoms with van der Waals surface area (Å²) in [5.41, 5.74) is 0.368. The Hall–Kier alpha value is -2.15. The molecule has 0 aliphatic rings. The number of anilines is 1. The number of pyridine rings is 1. The van der Waals surface area contributed by atoms with Gasteiger partial charge in [0.1, 0.15) is 11.9 Å². The highest BCUT2D eigenvalue weighted by Gasteiger charge is 2.20. The van der Waals surface area contributed by atoms with E-state index in [0.717, 1.165) is 0 Å². The summed E-state index contributed by atoms with van der Waals surface area (Å²) >= 11 is 0. The van der Waals surface area contributed by atoms with Gasteiger partial charge in [-0.3, -0.25) is 4.79 Å². The second-order valence-corrected chi connectivity index (χ2v) is 4.44. The average molecular weight is 281 g/mol. The first-order valence-electron chi connectivity index (χ1n) is 6.11. The maximum Gasteiger partial charge on any atom is 0.326 e. The number of carboxylic acid groups (broad SMARTS) is 1. The lowest BCUT2D eigenvalue weighted by Crippen LogP contribution is -2.41. The predicted molar refractivity (Wildman–Crippen MR) is 73.9 cm³/mol. The molecule has 0 radical (unpaired) electrons. The normalized spacial score (nSPS) is 11.8. The number of ether oxygens (including phenoxy) is 1. The quantitative estimate of drug-likeness (QED) is 0.750. The number of carboxylic acids is 1. The molecule has 7 nitrogen and oxygen atoms in total. The van der Waals surface area contributed by atoms with Gasteiger partial charge in [-0.15, -0.1) is 0 Å². The Morgan fingerprint density at radius 1 is 1.50 bits per heavy atom. The van der Waals surface area contributed by atoms with Crippen molar-refractivity contribution in [2.75, 3.05) is 32.7 Å². The Morgan fingerprint density at radius 2 is 2.20 bits per heavy atom. The van der Waals surface area contributed by atoms with Crippen molar-refractivity contribution in [2.24, 2.45) is 0 Å². The number of amides is 1. The van der Waals surface area contributed by atoms with Crippen molar-refractivity contribution >= 4 is 17.7 Å². The fraction of sp³-hybridized carbons (Fsp3) is 0.462. The Kier molecular flexibility index (Phi) is 5.92. The summed E-state index contributed by atoms with van der Waals surface area (Å²) in [4.78, 5) is 28.9. The van der Waals surface area contributed by atoms with E-state index in [2.05, 4.69) is 10.3 Å². The number of nitrogens with zero attached hydrogens (tertiary/aromatic N) is 2. The molecule has 0 saturated heterocycles. The van der Waals surface area contributed by atoms with Gasteiger partial charge in [0.15, 0.2) is 0 Å². The second-order valence-electron chi connectivity index (χ2n) is 4.44. The van der Waals surface area contributed by atoms with Gasteiger partial charge >= 0.3 is 5.97 Å². The van der Waals surface area contributed by atoms with Crippen molar-refractivity contribution < 1.29 is 19.4 Å². The standard InChI is InChI=1S/C13H19N3O4/c1-16(2)11-8-9(4-6-14-11)12(17)15-10(13(18)19)5-7-20-3/h4,6,8,10H,5,7H2,1-3H3,(H,15,17)(H,18,19). The molecule has 0 spiro atoms. The molecule has 0 bridgehead atoms. The summed E-state index contributed by atoms with van der Waals surface area (Å²) in [7, 11) is 5.10. The van der Waals surface area contributed by atoms with E-state index in [-0.39, 0.29) is 13.0 Å². The third kappa shape index (κ3) is 4.51. The Labute approximate surface area is 117 Å². The third-order valence-electron chi connectivity index (χ3n) is 2.68. The molecule has 0 saturated carbocycles. The molecule has 0 fully saturated rings. The van der Waals surface area contributed by atoms with Crippen molar-refractivity contribution in [1.82, 2.24) is 10.3 Å². The van der Waals surface area contributed by atoms with Crippen molar-refractivity contribution in [3.05, 3.63) is 23.9 Å². The van der Waals surface area contributed by atoms with Gasteiger partial charge in [0, 0.05) is 46.0 Å². The number of carbonyl (C=O) groups is 2. The molecule has 20 heavy (non-hydrogen) atoms. The lowest BCUT2D eigenvalue weighted by atomic mass is 10.2. The topological polar surface area (TPSA) is 91.8 Å². The summed E-state index contributed by atoms with van der Waals surface area (Å²) in [6.07, 6.45) is 1.72. The maximum absolute atomic E-state index is 12.0. The molecule has 2 N–H and O–H groups in total. The average Bonchev–Trinajstić information content (AvgIpc) is 2.42. The summed E-state index contributed by atoms with van der Waals surface area (Å²) in [6, 6.07) is 2.17. The van der Waals surface area contributed by atoms with Crippen molar-refractivity contribution in [3.63, 3.8) is 0 Å². The zero-order valence-corrected chi connectivity index (χ0v) is 11.8. The highest BCUT2D eigenvalue weighted by Crippen LogP contribution is 2.10. The van der Waals surface area contributed by atoms with Crippen LogP contribution in [0.5, 0.6) is 0 Å². The molecule has 1 rings (SSSR count). The SMILES string of the molecule is COCCC(NC(=O)c1ccnc(N(C)C)c1)C(=O)O. The first-order valence-corrected chi connectivity index (χ1v) is 6.11. The van der Waals surface area contributed by atoms with Crippen LogP contribution in [-0.4, -0.2) is 55.8 Å². The van der Waals surface area contributed by atoms with Crippen LogP contribution < -0.4 is 10.2 Å². The molecule has 0 aromatic carbocycles. The minimum Gasteiger partial charge on any atom is -0.480 e. The number of carbonyl (C=O) groups excluding carboxylic acids is 1. The van der Waals surface area contributed by atoms with Crippen LogP contribution in [0.2, 0.25) is 0 Å². The van der Waals surface area contributed by atoms with Crippen molar-refractivity contribution in [2.45, 2.75) is 12.5 Å². The molecule has 1 amide bonds. The Bertz CT molecular complexity index is 476. The smallest absolute Gasteiger partial charge is 0.326 e. The summed E-state index contributed by atoms with van der Waals surface area (Å²) < 4.78 is 4.83. The number of hydrogen-bond acceptors (Lipinski definition) is 5. The minimum atomic E-state index is -1.09. The molecular formula is C13H19N3O4. The fourth-order valence-corrected chi connectivity index (χ4v) is 1.54. The molecule has 1 heterocycles. The van der Waals surface area contributed by atoms with E-state index in [4.69, 9.17) is 9.84 Å². The van der Waals surface area contributed by atoms with E-state index in [0.29, 0.717) is 11.4 Å². The third-order valence-corrected chi connectivity index (χ3v) is 2.68. The molecule has 1 unspecified atom stereocenters. The van der Waals surface area contributed by atoms with Gasteiger partial charge in [-0.2, -0.15) is 0 Å². The number of hydrogen-bond donors (Lipinski definition) is 2. The van der Waals surface area contributed by atoms with Gasteiger partial charge in [-0.25, -0.2) is 9.78 Å². The van der Waals surface area contributed by atoms with Gasteiger partial charge in [0.05, 0.1) is 0 Å². The number of aromatic nitrogens is 1. The van der Waals surface area contributed by atoms with Gasteiger partial charge in [-0.1, -0.05) is 0 Å². The maximum atomic E-state index is 12.0. The highest BCUT2D eigenvalue weighted by molar-refractivity contribution is 5.97. The van der Waals surface area contributed by atoms with Gasteiger partial charge in [-0.05, 0) is 12.1 Å². The van der Waals surface area contributed by atoms with Crippen LogP contribution in [0.1, 0.15) is 16.8 Å². The molecule has 1 aromatic rings. The van der Waals surface area contributed by atoms with E-state index in [9.17, 15) is 9.59 Å². The van der Waals surface area contributed by atoms with Gasteiger partial charge in [0.2, 0.25) is 0 Å². The zero-order chi connectivity index (χ0) is 15.1. The summed E-state index contributed by atoms with van der Waals surface area (Å²) in [5, 5.41) is 11.5. The van der Waals surface area contributed by atoms with Crippen molar-refractivity contribution in [1.29, 1.82) is 0 Å². The molecule has 7 heteroatoms. The van der Waals surface area contributed by atoms with Gasteiger partial charge in [0.25, 0.3) is 5.91 Å². The van der Waals surface area contributed by atoms with Crippen LogP contribution in [0.4, 0.5) is 5.82 Å². The second kappa shape index (κ2) is 7.44. The van der Waals surface area contributed by atoms with Crippen LogP contribution in [0.15, 0.2) is 18.3 Å². The lowest BCUT2D eigenvalue weighted by molar-refractivity contribution is -0.139. The fourth-order valence-electron chi connectivity index (χ4n) is 1.54. The molecule has 0 aliphatic carbocycles. The van der Waals surface area contributed by atoms with E-state index < -0.39 is 17.9 Å². The lowest BCUT2D eigenvalue weighted by Gasteiger charge is -2.15. The first-order chi connectivity index (χ1) is 9.45. The van der Waals surface area contributed by atoms with Crippen LogP contribution in [-0.2, 0) is 9.53 Å². The molecular weight excluding hydrogens is 262 g/mol. The summed E-state index contributed by atoms with van der Waals surface area (Å²) in [6.45, 7) is 0.260. The zero-order valence-electron chi connectivity index (χ0n) is 11.8. The van der Waals surface area contributed by atoms with Crippen LogP contribution in [0, 0.1) is 0 Å². The predicted octanol–water partition coefficient (Wildman–Crippen LogP) is 0.367. The number of methoxy groups -OCH3 is 1. The molecule has 1 aromatic heterocycles. The Morgan fingerprint density at radius 3 is 2.75 bits per heavy atom. The van der Waals surface area contributed by atoms with Crippen LogP contribution in [0.3, 0.4) is 0 Å².